The number of nitrogens with zero attached hydrogens (tertiary/aromatic N) is 1. The van der Waals surface area contributed by atoms with Crippen LogP contribution in [0.2, 0.25) is 0 Å². The normalized spacial score (nSPS) is 13.7. The average molecular weight is 341 g/mol. The number of amides is 1. The number of anilines is 2. The van der Waals surface area contributed by atoms with Crippen LogP contribution in [-0.4, -0.2) is 10.9 Å². The van der Waals surface area contributed by atoms with E-state index in [4.69, 9.17) is 10.7 Å². The summed E-state index contributed by atoms with van der Waals surface area (Å²) in [5.74, 6) is -0.635. The summed E-state index contributed by atoms with van der Waals surface area (Å²) in [5.41, 5.74) is 9.57. The molecule has 0 saturated heterocycles. The van der Waals surface area contributed by atoms with Crippen molar-refractivity contribution in [3.8, 4) is 0 Å². The van der Waals surface area contributed by atoms with Crippen molar-refractivity contribution >= 4 is 38.8 Å². The molecule has 0 saturated carbocycles. The third kappa shape index (κ3) is 2.63. The minimum absolute atomic E-state index is 0.292. The zero-order chi connectivity index (χ0) is 16.7. The number of nitrogens with one attached hydrogen (secondary N) is 1. The number of thiophene rings is 1. The second-order valence-electron chi connectivity index (χ2n) is 5.96. The molecule has 1 amide bonds. The third-order valence-corrected chi connectivity index (χ3v) is 5.42. The van der Waals surface area contributed by atoms with E-state index in [9.17, 15) is 9.18 Å². The molecule has 3 aromatic rings. The number of nitrogen functional groups attached to an aromatic ring is 1. The zero-order valence-corrected chi connectivity index (χ0v) is 13.8. The minimum Gasteiger partial charge on any atom is -0.397 e. The van der Waals surface area contributed by atoms with Gasteiger partial charge in [0.15, 0.2) is 0 Å². The molecule has 4 nitrogen and oxygen atoms in total. The van der Waals surface area contributed by atoms with E-state index in [2.05, 4.69) is 11.4 Å². The van der Waals surface area contributed by atoms with Crippen LogP contribution in [0.15, 0.2) is 30.3 Å². The van der Waals surface area contributed by atoms with Crippen molar-refractivity contribution in [1.82, 2.24) is 4.98 Å². The Balaban J connectivity index is 1.69. The molecule has 2 heterocycles. The van der Waals surface area contributed by atoms with Crippen molar-refractivity contribution in [2.24, 2.45) is 0 Å². The lowest BCUT2D eigenvalue weighted by atomic mass is 9.95. The second kappa shape index (κ2) is 5.87. The number of fused-ring (bicyclic) bond motifs is 2. The lowest BCUT2D eigenvalue weighted by molar-refractivity contribution is 0.103. The molecule has 1 aliphatic carbocycles. The quantitative estimate of drug-likeness (QED) is 0.736. The van der Waals surface area contributed by atoms with E-state index >= 15 is 0 Å². The summed E-state index contributed by atoms with van der Waals surface area (Å²) < 4.78 is 13.0. The monoisotopic (exact) mass is 341 g/mol. The number of halogens is 1. The molecule has 0 aliphatic heterocycles. The van der Waals surface area contributed by atoms with Crippen LogP contribution in [-0.2, 0) is 12.8 Å². The van der Waals surface area contributed by atoms with Crippen molar-refractivity contribution < 1.29 is 9.18 Å². The summed E-state index contributed by atoms with van der Waals surface area (Å²) in [5, 5.41) is 3.61. The fourth-order valence-electron chi connectivity index (χ4n) is 3.05. The van der Waals surface area contributed by atoms with Gasteiger partial charge >= 0.3 is 0 Å². The maximum Gasteiger partial charge on any atom is 0.267 e. The zero-order valence-electron chi connectivity index (χ0n) is 12.9. The van der Waals surface area contributed by atoms with Crippen LogP contribution in [0, 0.1) is 5.82 Å². The predicted octanol–water partition coefficient (Wildman–Crippen LogP) is 4.15. The largest absolute Gasteiger partial charge is 0.397 e. The van der Waals surface area contributed by atoms with Crippen molar-refractivity contribution in [2.75, 3.05) is 11.1 Å². The topological polar surface area (TPSA) is 68.0 Å². The molecule has 4 rings (SSSR count). The standard InChI is InChI=1S/C18H16FN3OS/c19-11-5-7-12(8-6-11)21-17(23)16-15(20)13-9-10-3-1-2-4-14(10)22-18(13)24-16/h5-9H,1-4,20H2,(H,21,23). The number of hydrogen-bond donors (Lipinski definition) is 2. The van der Waals surface area contributed by atoms with E-state index in [1.54, 1.807) is 0 Å². The van der Waals surface area contributed by atoms with Crippen LogP contribution < -0.4 is 11.1 Å². The first-order valence-electron chi connectivity index (χ1n) is 7.89. The Hall–Kier alpha value is -2.47. The molecule has 122 valence electrons. The molecule has 24 heavy (non-hydrogen) atoms. The molecule has 0 spiro atoms. The highest BCUT2D eigenvalue weighted by Crippen LogP contribution is 2.35. The molecule has 0 atom stereocenters. The number of hydrogen-bond acceptors (Lipinski definition) is 4. The summed E-state index contributed by atoms with van der Waals surface area (Å²) in [6, 6.07) is 7.73. The number of aryl methyl sites for hydroxylation is 2. The number of carbonyl (C=O) groups excluding carboxylic acids is 1. The number of aromatic nitrogens is 1. The molecular weight excluding hydrogens is 325 g/mol. The fraction of sp³-hybridized carbons (Fsp3) is 0.222. The van der Waals surface area contributed by atoms with Gasteiger partial charge in [0, 0.05) is 16.8 Å². The first-order chi connectivity index (χ1) is 11.6. The maximum atomic E-state index is 13.0. The Morgan fingerprint density at radius 2 is 1.96 bits per heavy atom. The van der Waals surface area contributed by atoms with Gasteiger partial charge < -0.3 is 11.1 Å². The Bertz CT molecular complexity index is 934. The number of nitrogens with two attached hydrogens (primary N) is 1. The third-order valence-electron chi connectivity index (χ3n) is 4.31. The Kier molecular flexibility index (Phi) is 3.69. The van der Waals surface area contributed by atoms with Crippen molar-refractivity contribution in [3.05, 3.63) is 52.3 Å². The Morgan fingerprint density at radius 3 is 2.75 bits per heavy atom. The highest BCUT2D eigenvalue weighted by atomic mass is 32.1. The van der Waals surface area contributed by atoms with Gasteiger partial charge in [0.1, 0.15) is 15.5 Å². The van der Waals surface area contributed by atoms with Gasteiger partial charge in [-0.15, -0.1) is 11.3 Å². The molecule has 2 aromatic heterocycles. The summed E-state index contributed by atoms with van der Waals surface area (Å²) in [6.45, 7) is 0. The van der Waals surface area contributed by atoms with Gasteiger partial charge in [-0.05, 0) is 61.6 Å². The van der Waals surface area contributed by atoms with Crippen LogP contribution in [0.1, 0.15) is 33.8 Å². The Morgan fingerprint density at radius 1 is 1.21 bits per heavy atom. The van der Waals surface area contributed by atoms with E-state index in [0.29, 0.717) is 16.3 Å². The van der Waals surface area contributed by atoms with Crippen molar-refractivity contribution in [3.63, 3.8) is 0 Å². The molecule has 1 aliphatic rings. The minimum atomic E-state index is -0.343. The van der Waals surface area contributed by atoms with Gasteiger partial charge in [0.25, 0.3) is 5.91 Å². The van der Waals surface area contributed by atoms with E-state index in [1.807, 2.05) is 0 Å². The van der Waals surface area contributed by atoms with Crippen LogP contribution >= 0.6 is 11.3 Å². The first kappa shape index (κ1) is 15.1. The fourth-order valence-corrected chi connectivity index (χ4v) is 4.04. The number of pyridine rings is 1. The molecule has 0 radical (unpaired) electrons. The molecule has 0 unspecified atom stereocenters. The summed E-state index contributed by atoms with van der Waals surface area (Å²) >= 11 is 1.30. The molecule has 1 aromatic carbocycles. The van der Waals surface area contributed by atoms with Crippen LogP contribution in [0.5, 0.6) is 0 Å². The van der Waals surface area contributed by atoms with E-state index in [0.717, 1.165) is 35.2 Å². The number of carbonyl (C=O) groups is 1. The van der Waals surface area contributed by atoms with Crippen molar-refractivity contribution in [1.29, 1.82) is 0 Å². The van der Waals surface area contributed by atoms with Gasteiger partial charge in [-0.25, -0.2) is 9.37 Å². The lowest BCUT2D eigenvalue weighted by Gasteiger charge is -2.14. The van der Waals surface area contributed by atoms with Crippen molar-refractivity contribution in [2.45, 2.75) is 25.7 Å². The Labute approximate surface area is 142 Å². The lowest BCUT2D eigenvalue weighted by Crippen LogP contribution is -2.11. The number of benzene rings is 1. The summed E-state index contributed by atoms with van der Waals surface area (Å²) in [7, 11) is 0. The highest BCUT2D eigenvalue weighted by molar-refractivity contribution is 7.21. The van der Waals surface area contributed by atoms with Gasteiger partial charge in [0.05, 0.1) is 5.69 Å². The highest BCUT2D eigenvalue weighted by Gasteiger charge is 2.20. The van der Waals surface area contributed by atoms with Gasteiger partial charge in [-0.1, -0.05) is 0 Å². The van der Waals surface area contributed by atoms with Gasteiger partial charge in [0.2, 0.25) is 0 Å². The molecule has 0 bridgehead atoms. The average Bonchev–Trinajstić information content (AvgIpc) is 2.91. The molecule has 3 N–H and O–H groups in total. The van der Waals surface area contributed by atoms with Crippen LogP contribution in [0.25, 0.3) is 10.2 Å². The summed E-state index contributed by atoms with van der Waals surface area (Å²) in [4.78, 5) is 18.5. The second-order valence-corrected chi connectivity index (χ2v) is 6.96. The van der Waals surface area contributed by atoms with Gasteiger partial charge in [-0.2, -0.15) is 0 Å². The molecule has 0 fully saturated rings. The van der Waals surface area contributed by atoms with Crippen LogP contribution in [0.4, 0.5) is 15.8 Å². The van der Waals surface area contributed by atoms with E-state index < -0.39 is 0 Å². The molecular formula is C18H16FN3OS. The van der Waals surface area contributed by atoms with Crippen LogP contribution in [0.3, 0.4) is 0 Å². The smallest absolute Gasteiger partial charge is 0.267 e. The van der Waals surface area contributed by atoms with E-state index in [1.165, 1.54) is 47.6 Å². The SMILES string of the molecule is Nc1c(C(=O)Nc2ccc(F)cc2)sc2nc3c(cc12)CCCC3. The predicted molar refractivity (Wildman–Crippen MR) is 95.0 cm³/mol. The van der Waals surface area contributed by atoms with Gasteiger partial charge in [-0.3, -0.25) is 4.79 Å². The molecule has 6 heteroatoms. The maximum absolute atomic E-state index is 13.0. The van der Waals surface area contributed by atoms with E-state index in [-0.39, 0.29) is 11.7 Å². The number of rotatable bonds is 2. The first-order valence-corrected chi connectivity index (χ1v) is 8.71. The summed E-state index contributed by atoms with van der Waals surface area (Å²) in [6.07, 6.45) is 4.33.